The fourth-order valence-corrected chi connectivity index (χ4v) is 4.25. The lowest BCUT2D eigenvalue weighted by atomic mass is 9.85. The molecule has 0 saturated carbocycles. The Morgan fingerprint density at radius 3 is 2.58 bits per heavy atom. The number of halogens is 1. The Bertz CT molecular complexity index is 876. The van der Waals surface area contributed by atoms with Gasteiger partial charge < -0.3 is 19.8 Å². The van der Waals surface area contributed by atoms with E-state index in [1.54, 1.807) is 7.11 Å². The van der Waals surface area contributed by atoms with Crippen molar-refractivity contribution < 1.29 is 9.15 Å². The molecule has 1 aromatic heterocycles. The summed E-state index contributed by atoms with van der Waals surface area (Å²) in [4.78, 5) is 11.6. The number of nitrogens with zero attached hydrogens (tertiary/aromatic N) is 3. The molecule has 0 spiro atoms. The molecule has 1 aliphatic rings. The van der Waals surface area contributed by atoms with Crippen LogP contribution in [0.25, 0.3) is 0 Å². The summed E-state index contributed by atoms with van der Waals surface area (Å²) >= 11 is 0. The van der Waals surface area contributed by atoms with Crippen LogP contribution in [0.5, 0.6) is 5.75 Å². The van der Waals surface area contributed by atoms with Crippen molar-refractivity contribution in [3.8, 4) is 5.75 Å². The SMILES string of the molecule is CCNC(=NCc1ncc(C(C)(C)C)o1)NCC1CCCN(C)C1c1ccc(OC)cc1.I. The molecule has 184 valence electrons. The number of piperidine rings is 1. The van der Waals surface area contributed by atoms with E-state index in [4.69, 9.17) is 14.1 Å². The Morgan fingerprint density at radius 1 is 1.24 bits per heavy atom. The van der Waals surface area contributed by atoms with E-state index in [0.717, 1.165) is 37.1 Å². The number of rotatable bonds is 7. The number of hydrogen-bond acceptors (Lipinski definition) is 5. The van der Waals surface area contributed by atoms with Gasteiger partial charge in [0.1, 0.15) is 18.1 Å². The zero-order chi connectivity index (χ0) is 23.1. The van der Waals surface area contributed by atoms with Crippen molar-refractivity contribution in [3.63, 3.8) is 0 Å². The number of hydrogen-bond donors (Lipinski definition) is 2. The van der Waals surface area contributed by atoms with Gasteiger partial charge in [-0.15, -0.1) is 24.0 Å². The molecule has 0 radical (unpaired) electrons. The number of nitrogens with one attached hydrogen (secondary N) is 2. The summed E-state index contributed by atoms with van der Waals surface area (Å²) in [5, 5.41) is 6.91. The van der Waals surface area contributed by atoms with Crippen molar-refractivity contribution in [1.82, 2.24) is 20.5 Å². The lowest BCUT2D eigenvalue weighted by Gasteiger charge is -2.40. The van der Waals surface area contributed by atoms with Crippen molar-refractivity contribution in [3.05, 3.63) is 47.7 Å². The Labute approximate surface area is 215 Å². The molecule has 8 heteroatoms. The van der Waals surface area contributed by atoms with Crippen LogP contribution >= 0.6 is 24.0 Å². The first-order valence-electron chi connectivity index (χ1n) is 11.6. The number of likely N-dealkylation sites (tertiary alicyclic amines) is 1. The molecular formula is C25H40IN5O2. The van der Waals surface area contributed by atoms with Gasteiger partial charge in [0.25, 0.3) is 0 Å². The van der Waals surface area contributed by atoms with Crippen molar-refractivity contribution >= 4 is 29.9 Å². The molecule has 2 N–H and O–H groups in total. The van der Waals surface area contributed by atoms with E-state index in [0.29, 0.717) is 24.4 Å². The van der Waals surface area contributed by atoms with E-state index < -0.39 is 0 Å². The molecule has 7 nitrogen and oxygen atoms in total. The van der Waals surface area contributed by atoms with Crippen LogP contribution in [0.3, 0.4) is 0 Å². The third-order valence-electron chi connectivity index (χ3n) is 6.01. The average Bonchev–Trinajstić information content (AvgIpc) is 3.26. The highest BCUT2D eigenvalue weighted by atomic mass is 127. The van der Waals surface area contributed by atoms with Crippen LogP contribution in [0.4, 0.5) is 0 Å². The van der Waals surface area contributed by atoms with Gasteiger partial charge in [-0.1, -0.05) is 32.9 Å². The molecule has 0 aliphatic carbocycles. The predicted molar refractivity (Wildman–Crippen MR) is 145 cm³/mol. The Morgan fingerprint density at radius 2 is 1.97 bits per heavy atom. The van der Waals surface area contributed by atoms with Crippen LogP contribution in [0.15, 0.2) is 39.9 Å². The minimum atomic E-state index is -0.0544. The minimum Gasteiger partial charge on any atom is -0.497 e. The maximum atomic E-state index is 5.89. The Kier molecular flexibility index (Phi) is 10.5. The fourth-order valence-electron chi connectivity index (χ4n) is 4.25. The van der Waals surface area contributed by atoms with Crippen molar-refractivity contribution in [2.75, 3.05) is 33.8 Å². The molecule has 1 aliphatic heterocycles. The van der Waals surface area contributed by atoms with Crippen LogP contribution in [0.1, 0.15) is 63.8 Å². The number of aromatic nitrogens is 1. The van der Waals surface area contributed by atoms with Gasteiger partial charge in [-0.3, -0.25) is 4.90 Å². The smallest absolute Gasteiger partial charge is 0.216 e. The summed E-state index contributed by atoms with van der Waals surface area (Å²) < 4.78 is 11.2. The van der Waals surface area contributed by atoms with Gasteiger partial charge in [0.2, 0.25) is 5.89 Å². The number of aliphatic imine (C=N–C) groups is 1. The van der Waals surface area contributed by atoms with Crippen LogP contribution < -0.4 is 15.4 Å². The van der Waals surface area contributed by atoms with Gasteiger partial charge in [0.15, 0.2) is 5.96 Å². The van der Waals surface area contributed by atoms with E-state index in [9.17, 15) is 0 Å². The van der Waals surface area contributed by atoms with E-state index in [1.807, 2.05) is 6.20 Å². The van der Waals surface area contributed by atoms with Gasteiger partial charge in [0, 0.05) is 24.5 Å². The number of guanidine groups is 1. The second-order valence-corrected chi connectivity index (χ2v) is 9.55. The predicted octanol–water partition coefficient (Wildman–Crippen LogP) is 4.74. The first kappa shape index (κ1) is 27.4. The molecule has 2 unspecified atom stereocenters. The highest BCUT2D eigenvalue weighted by molar-refractivity contribution is 14.0. The Balaban J connectivity index is 0.00000385. The lowest BCUT2D eigenvalue weighted by molar-refractivity contribution is 0.122. The van der Waals surface area contributed by atoms with E-state index in [1.165, 1.54) is 18.4 Å². The number of methoxy groups -OCH3 is 1. The molecule has 33 heavy (non-hydrogen) atoms. The largest absolute Gasteiger partial charge is 0.497 e. The minimum absolute atomic E-state index is 0. The summed E-state index contributed by atoms with van der Waals surface area (Å²) in [7, 11) is 3.92. The van der Waals surface area contributed by atoms with Crippen molar-refractivity contribution in [2.24, 2.45) is 10.9 Å². The van der Waals surface area contributed by atoms with E-state index in [-0.39, 0.29) is 29.4 Å². The van der Waals surface area contributed by atoms with Gasteiger partial charge >= 0.3 is 0 Å². The number of benzene rings is 1. The lowest BCUT2D eigenvalue weighted by Crippen LogP contribution is -2.45. The summed E-state index contributed by atoms with van der Waals surface area (Å²) in [6.07, 6.45) is 4.19. The van der Waals surface area contributed by atoms with Crippen LogP contribution in [-0.4, -0.2) is 49.6 Å². The van der Waals surface area contributed by atoms with Crippen LogP contribution in [0.2, 0.25) is 0 Å². The second kappa shape index (κ2) is 12.6. The summed E-state index contributed by atoms with van der Waals surface area (Å²) in [6, 6.07) is 8.84. The third kappa shape index (κ3) is 7.60. The monoisotopic (exact) mass is 569 g/mol. The molecule has 1 saturated heterocycles. The third-order valence-corrected chi connectivity index (χ3v) is 6.01. The highest BCUT2D eigenvalue weighted by Crippen LogP contribution is 2.35. The standard InChI is InChI=1S/C25H39N5O2.HI/c1-7-26-24(29-17-22-27-16-21(32-22)25(2,3)4)28-15-19-9-8-14-30(5)23(19)18-10-12-20(31-6)13-11-18;/h10-13,16,19,23H,7-9,14-15,17H2,1-6H3,(H2,26,28,29);1H. The summed E-state index contributed by atoms with van der Waals surface area (Å²) in [5.74, 6) is 3.70. The number of ether oxygens (including phenoxy) is 1. The molecule has 0 bridgehead atoms. The van der Waals surface area contributed by atoms with Gasteiger partial charge in [0.05, 0.1) is 13.3 Å². The molecule has 2 aromatic rings. The molecule has 2 heterocycles. The number of oxazole rings is 1. The van der Waals surface area contributed by atoms with Gasteiger partial charge in [-0.05, 0) is 57.0 Å². The molecule has 1 aromatic carbocycles. The average molecular weight is 570 g/mol. The molecule has 1 fully saturated rings. The van der Waals surface area contributed by atoms with Gasteiger partial charge in [-0.25, -0.2) is 9.98 Å². The summed E-state index contributed by atoms with van der Waals surface area (Å²) in [6.45, 7) is 11.6. The second-order valence-electron chi connectivity index (χ2n) is 9.55. The van der Waals surface area contributed by atoms with Crippen LogP contribution in [0, 0.1) is 5.92 Å². The van der Waals surface area contributed by atoms with E-state index >= 15 is 0 Å². The molecule has 3 rings (SSSR count). The molecule has 0 amide bonds. The van der Waals surface area contributed by atoms with Crippen molar-refractivity contribution in [1.29, 1.82) is 0 Å². The first-order valence-corrected chi connectivity index (χ1v) is 11.6. The van der Waals surface area contributed by atoms with E-state index in [2.05, 4.69) is 79.5 Å². The van der Waals surface area contributed by atoms with Gasteiger partial charge in [-0.2, -0.15) is 0 Å². The Hall–Kier alpha value is -1.81. The fraction of sp³-hybridized carbons (Fsp3) is 0.600. The normalized spacial score (nSPS) is 19.6. The maximum absolute atomic E-state index is 5.89. The molecule has 2 atom stereocenters. The topological polar surface area (TPSA) is 74.9 Å². The quantitative estimate of drug-likeness (QED) is 0.285. The highest BCUT2D eigenvalue weighted by Gasteiger charge is 2.30. The zero-order valence-corrected chi connectivity index (χ0v) is 23.2. The maximum Gasteiger partial charge on any atom is 0.216 e. The molecular weight excluding hydrogens is 529 g/mol. The summed E-state index contributed by atoms with van der Waals surface area (Å²) in [5.41, 5.74) is 1.28. The first-order chi connectivity index (χ1) is 15.3. The van der Waals surface area contributed by atoms with Crippen LogP contribution in [-0.2, 0) is 12.0 Å². The zero-order valence-electron chi connectivity index (χ0n) is 20.9. The van der Waals surface area contributed by atoms with Crippen molar-refractivity contribution in [2.45, 2.75) is 58.5 Å².